The van der Waals surface area contributed by atoms with E-state index >= 15 is 0 Å². The van der Waals surface area contributed by atoms with Crippen LogP contribution in [0.25, 0.3) is 21.6 Å². The minimum atomic E-state index is -4.42. The molecular formula is C11H7F3N4S. The summed E-state index contributed by atoms with van der Waals surface area (Å²) in [5, 5.41) is 5.33. The molecule has 0 aliphatic heterocycles. The van der Waals surface area contributed by atoms with Crippen LogP contribution in [-0.2, 0) is 13.2 Å². The van der Waals surface area contributed by atoms with Crippen molar-refractivity contribution in [1.82, 2.24) is 19.7 Å². The summed E-state index contributed by atoms with van der Waals surface area (Å²) < 4.78 is 39.1. The molecule has 0 unspecified atom stereocenters. The van der Waals surface area contributed by atoms with Crippen molar-refractivity contribution in [2.75, 3.05) is 0 Å². The van der Waals surface area contributed by atoms with Gasteiger partial charge in [0.05, 0.1) is 11.7 Å². The molecule has 3 heterocycles. The first-order valence-corrected chi connectivity index (χ1v) is 6.14. The van der Waals surface area contributed by atoms with Crippen molar-refractivity contribution in [3.05, 3.63) is 29.5 Å². The Hall–Kier alpha value is -1.96. The molecule has 0 fully saturated rings. The third-order valence-corrected chi connectivity index (χ3v) is 3.53. The van der Waals surface area contributed by atoms with Crippen molar-refractivity contribution in [3.8, 4) is 10.6 Å². The molecule has 0 aromatic carbocycles. The number of rotatable bonds is 1. The van der Waals surface area contributed by atoms with E-state index in [0.29, 0.717) is 16.1 Å². The van der Waals surface area contributed by atoms with E-state index in [1.165, 1.54) is 6.20 Å². The highest BCUT2D eigenvalue weighted by atomic mass is 32.1. The SMILES string of the molecule is Cn1ncc2ncc(-c3nc(C(F)(F)F)cs3)cc21. The average Bonchev–Trinajstić information content (AvgIpc) is 2.96. The number of aromatic nitrogens is 4. The highest BCUT2D eigenvalue weighted by molar-refractivity contribution is 7.13. The Balaban J connectivity index is 2.08. The summed E-state index contributed by atoms with van der Waals surface area (Å²) >= 11 is 0.946. The smallest absolute Gasteiger partial charge is 0.266 e. The quantitative estimate of drug-likeness (QED) is 0.689. The second-order valence-electron chi connectivity index (χ2n) is 3.93. The lowest BCUT2D eigenvalue weighted by atomic mass is 10.2. The number of halogens is 3. The first kappa shape index (κ1) is 12.1. The number of pyridine rings is 1. The topological polar surface area (TPSA) is 43.6 Å². The molecule has 19 heavy (non-hydrogen) atoms. The lowest BCUT2D eigenvalue weighted by Crippen LogP contribution is -2.04. The van der Waals surface area contributed by atoms with E-state index < -0.39 is 11.9 Å². The van der Waals surface area contributed by atoms with E-state index in [2.05, 4.69) is 15.1 Å². The van der Waals surface area contributed by atoms with Crippen molar-refractivity contribution in [1.29, 1.82) is 0 Å². The number of nitrogens with zero attached hydrogens (tertiary/aromatic N) is 4. The fourth-order valence-electron chi connectivity index (χ4n) is 1.68. The Morgan fingerprint density at radius 1 is 1.26 bits per heavy atom. The first-order valence-electron chi connectivity index (χ1n) is 5.26. The lowest BCUT2D eigenvalue weighted by molar-refractivity contribution is -0.140. The summed E-state index contributed by atoms with van der Waals surface area (Å²) in [6.45, 7) is 0. The van der Waals surface area contributed by atoms with Gasteiger partial charge < -0.3 is 0 Å². The number of hydrogen-bond donors (Lipinski definition) is 0. The lowest BCUT2D eigenvalue weighted by Gasteiger charge is -2.00. The zero-order valence-corrected chi connectivity index (χ0v) is 10.5. The molecule has 0 N–H and O–H groups in total. The minimum absolute atomic E-state index is 0.294. The Labute approximate surface area is 109 Å². The molecule has 8 heteroatoms. The third kappa shape index (κ3) is 2.07. The second kappa shape index (κ2) is 4.02. The predicted molar refractivity (Wildman–Crippen MR) is 64.6 cm³/mol. The number of aryl methyl sites for hydroxylation is 1. The monoisotopic (exact) mass is 284 g/mol. The molecule has 98 valence electrons. The summed E-state index contributed by atoms with van der Waals surface area (Å²) in [6, 6.07) is 1.73. The predicted octanol–water partition coefficient (Wildman–Crippen LogP) is 3.11. The highest BCUT2D eigenvalue weighted by Crippen LogP contribution is 2.33. The highest BCUT2D eigenvalue weighted by Gasteiger charge is 2.33. The van der Waals surface area contributed by atoms with Crippen LogP contribution in [0.1, 0.15) is 5.69 Å². The maximum atomic E-state index is 12.5. The average molecular weight is 284 g/mol. The van der Waals surface area contributed by atoms with Gasteiger partial charge in [0.1, 0.15) is 10.5 Å². The Kier molecular flexibility index (Phi) is 2.56. The first-order chi connectivity index (χ1) is 8.95. The largest absolute Gasteiger partial charge is 0.434 e. The van der Waals surface area contributed by atoms with Crippen molar-refractivity contribution >= 4 is 22.4 Å². The van der Waals surface area contributed by atoms with E-state index in [9.17, 15) is 13.2 Å². The van der Waals surface area contributed by atoms with E-state index in [4.69, 9.17) is 0 Å². The van der Waals surface area contributed by atoms with Gasteiger partial charge >= 0.3 is 6.18 Å². The minimum Gasteiger partial charge on any atom is -0.266 e. The normalized spacial score (nSPS) is 12.2. The molecule has 0 bridgehead atoms. The molecule has 0 saturated heterocycles. The van der Waals surface area contributed by atoms with Gasteiger partial charge in [0.15, 0.2) is 5.69 Å². The maximum Gasteiger partial charge on any atom is 0.434 e. The van der Waals surface area contributed by atoms with E-state index in [0.717, 1.165) is 22.2 Å². The summed E-state index contributed by atoms with van der Waals surface area (Å²) in [4.78, 5) is 7.75. The van der Waals surface area contributed by atoms with Crippen LogP contribution >= 0.6 is 11.3 Å². The molecule has 4 nitrogen and oxygen atoms in total. The van der Waals surface area contributed by atoms with Gasteiger partial charge in [-0.05, 0) is 6.07 Å². The molecule has 0 aliphatic carbocycles. The van der Waals surface area contributed by atoms with E-state index in [-0.39, 0.29) is 0 Å². The second-order valence-corrected chi connectivity index (χ2v) is 4.79. The Morgan fingerprint density at radius 3 is 2.74 bits per heavy atom. The van der Waals surface area contributed by atoms with Gasteiger partial charge in [-0.1, -0.05) is 0 Å². The van der Waals surface area contributed by atoms with Crippen LogP contribution in [0.2, 0.25) is 0 Å². The van der Waals surface area contributed by atoms with Crippen LogP contribution in [0.3, 0.4) is 0 Å². The van der Waals surface area contributed by atoms with Crippen molar-refractivity contribution in [3.63, 3.8) is 0 Å². The third-order valence-electron chi connectivity index (χ3n) is 2.64. The molecule has 0 saturated carbocycles. The van der Waals surface area contributed by atoms with Crippen LogP contribution in [0.5, 0.6) is 0 Å². The molecule has 3 aromatic heterocycles. The van der Waals surface area contributed by atoms with Gasteiger partial charge in [-0.2, -0.15) is 18.3 Å². The Bertz CT molecular complexity index is 744. The summed E-state index contributed by atoms with van der Waals surface area (Å²) in [5.41, 5.74) is 1.12. The molecule has 0 spiro atoms. The number of hydrogen-bond acceptors (Lipinski definition) is 4. The van der Waals surface area contributed by atoms with Crippen LogP contribution in [-0.4, -0.2) is 19.7 Å². The van der Waals surface area contributed by atoms with Crippen molar-refractivity contribution in [2.45, 2.75) is 6.18 Å². The van der Waals surface area contributed by atoms with Gasteiger partial charge in [0.2, 0.25) is 0 Å². The van der Waals surface area contributed by atoms with Gasteiger partial charge in [-0.3, -0.25) is 9.67 Å². The molecule has 0 aliphatic rings. The summed E-state index contributed by atoms with van der Waals surface area (Å²) in [6.07, 6.45) is -1.32. The molecule has 0 amide bonds. The number of fused-ring (bicyclic) bond motifs is 1. The van der Waals surface area contributed by atoms with E-state index in [1.807, 2.05) is 0 Å². The van der Waals surface area contributed by atoms with Gasteiger partial charge in [-0.25, -0.2) is 4.98 Å². The van der Waals surface area contributed by atoms with Gasteiger partial charge in [-0.15, -0.1) is 11.3 Å². The van der Waals surface area contributed by atoms with E-state index in [1.54, 1.807) is 24.0 Å². The van der Waals surface area contributed by atoms with Crippen LogP contribution in [0, 0.1) is 0 Å². The van der Waals surface area contributed by atoms with Crippen LogP contribution < -0.4 is 0 Å². The fourth-order valence-corrected chi connectivity index (χ4v) is 2.49. The molecule has 3 rings (SSSR count). The molecule has 0 radical (unpaired) electrons. The van der Waals surface area contributed by atoms with Crippen LogP contribution in [0.4, 0.5) is 13.2 Å². The van der Waals surface area contributed by atoms with Gasteiger partial charge in [0, 0.05) is 24.2 Å². The Morgan fingerprint density at radius 2 is 2.05 bits per heavy atom. The zero-order chi connectivity index (χ0) is 13.6. The summed E-state index contributed by atoms with van der Waals surface area (Å²) in [7, 11) is 1.75. The molecule has 3 aromatic rings. The molecule has 0 atom stereocenters. The van der Waals surface area contributed by atoms with Gasteiger partial charge in [0.25, 0.3) is 0 Å². The summed E-state index contributed by atoms with van der Waals surface area (Å²) in [5.74, 6) is 0. The molecular weight excluding hydrogens is 277 g/mol. The van der Waals surface area contributed by atoms with Crippen molar-refractivity contribution < 1.29 is 13.2 Å². The zero-order valence-electron chi connectivity index (χ0n) is 9.64. The standard InChI is InChI=1S/C11H7F3N4S/c1-18-8-2-6(3-15-7(8)4-16-18)10-17-9(5-19-10)11(12,13)14/h2-5H,1H3. The number of thiazole rings is 1. The number of alkyl halides is 3. The van der Waals surface area contributed by atoms with Crippen LogP contribution in [0.15, 0.2) is 23.8 Å². The maximum absolute atomic E-state index is 12.5. The fraction of sp³-hybridized carbons (Fsp3) is 0.182. The van der Waals surface area contributed by atoms with Crippen molar-refractivity contribution in [2.24, 2.45) is 7.05 Å².